The van der Waals surface area contributed by atoms with Gasteiger partial charge >= 0.3 is 0 Å². The Bertz CT molecular complexity index is 875. The second-order valence-corrected chi connectivity index (χ2v) is 5.84. The van der Waals surface area contributed by atoms with E-state index < -0.39 is 0 Å². The van der Waals surface area contributed by atoms with Crippen molar-refractivity contribution in [3.8, 4) is 11.4 Å². The Balaban J connectivity index is 1.46. The van der Waals surface area contributed by atoms with Gasteiger partial charge in [-0.15, -0.1) is 0 Å². The van der Waals surface area contributed by atoms with Crippen LogP contribution in [0, 0.1) is 12.7 Å². The van der Waals surface area contributed by atoms with Gasteiger partial charge in [0.1, 0.15) is 11.9 Å². The Morgan fingerprint density at radius 1 is 1.19 bits per heavy atom. The van der Waals surface area contributed by atoms with E-state index >= 15 is 0 Å². The van der Waals surface area contributed by atoms with E-state index in [4.69, 9.17) is 9.05 Å². The molecule has 8 nitrogen and oxygen atoms in total. The van der Waals surface area contributed by atoms with Gasteiger partial charge in [-0.1, -0.05) is 10.3 Å². The van der Waals surface area contributed by atoms with Crippen molar-refractivity contribution in [1.82, 2.24) is 25.6 Å². The normalized spacial score (nSPS) is 12.1. The summed E-state index contributed by atoms with van der Waals surface area (Å²) in [6.45, 7) is 3.49. The standard InChI is InChI=1S/C17H18FN5O3/c1-10(17-20-11(2)22-26-17)19-14(24)4-3-5-15-21-16(23-25-15)12-6-8-13(18)9-7-12/h6-10H,3-5H2,1-2H3,(H,19,24). The van der Waals surface area contributed by atoms with Crippen molar-refractivity contribution in [3.05, 3.63) is 47.7 Å². The molecule has 3 aromatic rings. The predicted molar refractivity (Wildman–Crippen MR) is 88.2 cm³/mol. The average molecular weight is 359 g/mol. The highest BCUT2D eigenvalue weighted by Crippen LogP contribution is 2.17. The van der Waals surface area contributed by atoms with Crippen LogP contribution < -0.4 is 5.32 Å². The van der Waals surface area contributed by atoms with E-state index in [0.29, 0.717) is 48.3 Å². The zero-order chi connectivity index (χ0) is 18.5. The van der Waals surface area contributed by atoms with Crippen molar-refractivity contribution in [2.24, 2.45) is 0 Å². The van der Waals surface area contributed by atoms with Crippen LogP contribution in [0.1, 0.15) is 43.4 Å². The SMILES string of the molecule is Cc1noc(C(C)NC(=O)CCCc2nc(-c3ccc(F)cc3)no2)n1. The minimum Gasteiger partial charge on any atom is -0.345 e. The van der Waals surface area contributed by atoms with Crippen molar-refractivity contribution in [1.29, 1.82) is 0 Å². The van der Waals surface area contributed by atoms with E-state index in [9.17, 15) is 9.18 Å². The van der Waals surface area contributed by atoms with Gasteiger partial charge in [0, 0.05) is 18.4 Å². The van der Waals surface area contributed by atoms with Crippen molar-refractivity contribution in [2.45, 2.75) is 39.2 Å². The third kappa shape index (κ3) is 4.50. The number of aromatic nitrogens is 4. The molecule has 1 aromatic carbocycles. The summed E-state index contributed by atoms with van der Waals surface area (Å²) in [4.78, 5) is 20.3. The van der Waals surface area contributed by atoms with Crippen LogP contribution >= 0.6 is 0 Å². The number of nitrogens with one attached hydrogen (secondary N) is 1. The van der Waals surface area contributed by atoms with Crippen LogP contribution in [0.25, 0.3) is 11.4 Å². The summed E-state index contributed by atoms with van der Waals surface area (Å²) in [5, 5.41) is 10.4. The highest BCUT2D eigenvalue weighted by atomic mass is 19.1. The largest absolute Gasteiger partial charge is 0.345 e. The molecule has 0 aliphatic carbocycles. The van der Waals surface area contributed by atoms with Crippen LogP contribution in [0.2, 0.25) is 0 Å². The fourth-order valence-corrected chi connectivity index (χ4v) is 2.34. The first-order valence-corrected chi connectivity index (χ1v) is 8.19. The fourth-order valence-electron chi connectivity index (χ4n) is 2.34. The molecule has 0 fully saturated rings. The third-order valence-corrected chi connectivity index (χ3v) is 3.66. The number of amides is 1. The quantitative estimate of drug-likeness (QED) is 0.691. The van der Waals surface area contributed by atoms with Gasteiger partial charge in [0.2, 0.25) is 23.5 Å². The van der Waals surface area contributed by atoms with E-state index in [-0.39, 0.29) is 17.8 Å². The molecule has 0 saturated carbocycles. The Kier molecular flexibility index (Phi) is 5.35. The molecule has 2 heterocycles. The summed E-state index contributed by atoms with van der Waals surface area (Å²) in [7, 11) is 0. The molecule has 0 radical (unpaired) electrons. The molecular formula is C17H18FN5O3. The average Bonchev–Trinajstić information content (AvgIpc) is 3.25. The van der Waals surface area contributed by atoms with Gasteiger partial charge < -0.3 is 14.4 Å². The van der Waals surface area contributed by atoms with Gasteiger partial charge in [0.25, 0.3) is 0 Å². The fraction of sp³-hybridized carbons (Fsp3) is 0.353. The van der Waals surface area contributed by atoms with E-state index in [1.807, 2.05) is 0 Å². The molecule has 0 saturated heterocycles. The van der Waals surface area contributed by atoms with Crippen molar-refractivity contribution in [3.63, 3.8) is 0 Å². The van der Waals surface area contributed by atoms with Gasteiger partial charge in [-0.3, -0.25) is 4.79 Å². The zero-order valence-electron chi connectivity index (χ0n) is 14.4. The predicted octanol–water partition coefficient (Wildman–Crippen LogP) is 2.77. The minimum absolute atomic E-state index is 0.133. The van der Waals surface area contributed by atoms with Crippen LogP contribution in [-0.4, -0.2) is 26.2 Å². The van der Waals surface area contributed by atoms with Gasteiger partial charge in [0.05, 0.1) is 0 Å². The van der Waals surface area contributed by atoms with E-state index in [1.54, 1.807) is 26.0 Å². The van der Waals surface area contributed by atoms with E-state index in [2.05, 4.69) is 25.6 Å². The van der Waals surface area contributed by atoms with Crippen molar-refractivity contribution in [2.75, 3.05) is 0 Å². The summed E-state index contributed by atoms with van der Waals surface area (Å²) < 4.78 is 23.1. The summed E-state index contributed by atoms with van der Waals surface area (Å²) >= 11 is 0. The summed E-state index contributed by atoms with van der Waals surface area (Å²) in [6, 6.07) is 5.48. The van der Waals surface area contributed by atoms with Crippen LogP contribution in [-0.2, 0) is 11.2 Å². The van der Waals surface area contributed by atoms with E-state index in [1.165, 1.54) is 12.1 Å². The second-order valence-electron chi connectivity index (χ2n) is 5.84. The zero-order valence-corrected chi connectivity index (χ0v) is 14.4. The number of aryl methyl sites for hydroxylation is 2. The molecule has 1 atom stereocenters. The maximum Gasteiger partial charge on any atom is 0.248 e. The number of hydrogen-bond acceptors (Lipinski definition) is 7. The van der Waals surface area contributed by atoms with Gasteiger partial charge in [-0.25, -0.2) is 4.39 Å². The maximum absolute atomic E-state index is 12.9. The van der Waals surface area contributed by atoms with Gasteiger partial charge in [-0.2, -0.15) is 9.97 Å². The number of nitrogens with zero attached hydrogens (tertiary/aromatic N) is 4. The van der Waals surface area contributed by atoms with Crippen molar-refractivity contribution >= 4 is 5.91 Å². The first kappa shape index (κ1) is 17.7. The number of rotatable bonds is 7. The Hall–Kier alpha value is -3.10. The summed E-state index contributed by atoms with van der Waals surface area (Å²) in [5.41, 5.74) is 0.669. The lowest BCUT2D eigenvalue weighted by atomic mass is 10.2. The minimum atomic E-state index is -0.350. The smallest absolute Gasteiger partial charge is 0.248 e. The molecule has 136 valence electrons. The lowest BCUT2D eigenvalue weighted by Crippen LogP contribution is -2.26. The number of halogens is 1. The molecule has 0 aliphatic rings. The molecule has 1 unspecified atom stereocenters. The molecule has 26 heavy (non-hydrogen) atoms. The third-order valence-electron chi connectivity index (χ3n) is 3.66. The first-order chi connectivity index (χ1) is 12.5. The molecule has 0 bridgehead atoms. The molecule has 3 rings (SSSR count). The topological polar surface area (TPSA) is 107 Å². The Morgan fingerprint density at radius 3 is 2.65 bits per heavy atom. The van der Waals surface area contributed by atoms with Crippen LogP contribution in [0.5, 0.6) is 0 Å². The molecule has 0 aliphatic heterocycles. The Morgan fingerprint density at radius 2 is 1.96 bits per heavy atom. The summed E-state index contributed by atoms with van der Waals surface area (Å²) in [5.74, 6) is 1.26. The second kappa shape index (κ2) is 7.85. The molecular weight excluding hydrogens is 341 g/mol. The maximum atomic E-state index is 12.9. The molecule has 1 amide bonds. The highest BCUT2D eigenvalue weighted by molar-refractivity contribution is 5.76. The van der Waals surface area contributed by atoms with Crippen LogP contribution in [0.3, 0.4) is 0 Å². The lowest BCUT2D eigenvalue weighted by molar-refractivity contribution is -0.122. The number of carbonyl (C=O) groups excluding carboxylic acids is 1. The van der Waals surface area contributed by atoms with E-state index in [0.717, 1.165) is 0 Å². The number of hydrogen-bond donors (Lipinski definition) is 1. The monoisotopic (exact) mass is 359 g/mol. The van der Waals surface area contributed by atoms with Crippen molar-refractivity contribution < 1.29 is 18.2 Å². The molecule has 0 spiro atoms. The molecule has 1 N–H and O–H groups in total. The first-order valence-electron chi connectivity index (χ1n) is 8.19. The van der Waals surface area contributed by atoms with Gasteiger partial charge in [-0.05, 0) is 44.5 Å². The number of benzene rings is 1. The Labute approximate surface area is 148 Å². The number of carbonyl (C=O) groups is 1. The van der Waals surface area contributed by atoms with Crippen LogP contribution in [0.15, 0.2) is 33.3 Å². The van der Waals surface area contributed by atoms with Crippen LogP contribution in [0.4, 0.5) is 4.39 Å². The summed E-state index contributed by atoms with van der Waals surface area (Å²) in [6.07, 6.45) is 1.31. The lowest BCUT2D eigenvalue weighted by Gasteiger charge is -2.08. The van der Waals surface area contributed by atoms with Gasteiger partial charge in [0.15, 0.2) is 5.82 Å². The molecule has 9 heteroatoms. The highest BCUT2D eigenvalue weighted by Gasteiger charge is 2.16. The molecule has 2 aromatic heterocycles.